The molecular formula is C7H5BrN2S. The van der Waals surface area contributed by atoms with Gasteiger partial charge in [-0.1, -0.05) is 0 Å². The van der Waals surface area contributed by atoms with E-state index >= 15 is 0 Å². The van der Waals surface area contributed by atoms with Crippen LogP contribution >= 0.6 is 28.1 Å². The van der Waals surface area contributed by atoms with Crippen molar-refractivity contribution >= 4 is 39.0 Å². The maximum absolute atomic E-state index is 4.48. The molecule has 11 heavy (non-hydrogen) atoms. The quantitative estimate of drug-likeness (QED) is 0.546. The molecule has 4 heteroatoms. The Balaban J connectivity index is 3.22. The van der Waals surface area contributed by atoms with E-state index in [-0.39, 0.29) is 0 Å². The topological polar surface area (TPSA) is 25.2 Å². The van der Waals surface area contributed by atoms with Crippen molar-refractivity contribution in [2.24, 2.45) is 4.99 Å². The molecule has 0 radical (unpaired) electrons. The number of isothiocyanates is 1. The van der Waals surface area contributed by atoms with Crippen molar-refractivity contribution in [1.82, 2.24) is 4.98 Å². The van der Waals surface area contributed by atoms with Gasteiger partial charge < -0.3 is 0 Å². The SMILES string of the molecule is Cc1ncc(Br)cc1N=C=S. The maximum atomic E-state index is 4.48. The van der Waals surface area contributed by atoms with Gasteiger partial charge in [-0.15, -0.1) is 0 Å². The molecule has 0 saturated carbocycles. The summed E-state index contributed by atoms with van der Waals surface area (Å²) >= 11 is 7.76. The molecule has 0 amide bonds. The molecule has 0 N–H and O–H groups in total. The van der Waals surface area contributed by atoms with Gasteiger partial charge in [0.1, 0.15) is 0 Å². The van der Waals surface area contributed by atoms with Crippen molar-refractivity contribution in [1.29, 1.82) is 0 Å². The van der Waals surface area contributed by atoms with E-state index < -0.39 is 0 Å². The maximum Gasteiger partial charge on any atom is 0.0963 e. The van der Waals surface area contributed by atoms with E-state index in [1.165, 1.54) is 0 Å². The minimum atomic E-state index is 0.759. The average Bonchev–Trinajstić information content (AvgIpc) is 1.98. The molecule has 0 aliphatic heterocycles. The lowest BCUT2D eigenvalue weighted by atomic mass is 10.3. The van der Waals surface area contributed by atoms with E-state index in [4.69, 9.17) is 0 Å². The van der Waals surface area contributed by atoms with Crippen LogP contribution in [-0.4, -0.2) is 10.1 Å². The minimum absolute atomic E-state index is 0.759. The Morgan fingerprint density at radius 2 is 2.45 bits per heavy atom. The Bertz CT molecular complexity index is 318. The summed E-state index contributed by atoms with van der Waals surface area (Å²) in [5, 5.41) is 2.30. The van der Waals surface area contributed by atoms with Gasteiger partial charge >= 0.3 is 0 Å². The summed E-state index contributed by atoms with van der Waals surface area (Å²) in [4.78, 5) is 7.91. The molecule has 0 aliphatic carbocycles. The number of hydrogen-bond donors (Lipinski definition) is 0. The first-order valence-electron chi connectivity index (χ1n) is 2.94. The minimum Gasteiger partial charge on any atom is -0.258 e. The van der Waals surface area contributed by atoms with E-state index in [0.29, 0.717) is 0 Å². The van der Waals surface area contributed by atoms with Crippen LogP contribution in [0.25, 0.3) is 0 Å². The molecule has 1 rings (SSSR count). The van der Waals surface area contributed by atoms with Crippen molar-refractivity contribution in [3.8, 4) is 0 Å². The molecule has 0 fully saturated rings. The summed E-state index contributed by atoms with van der Waals surface area (Å²) in [6.45, 7) is 1.87. The first-order valence-corrected chi connectivity index (χ1v) is 4.14. The molecule has 1 aromatic rings. The smallest absolute Gasteiger partial charge is 0.0963 e. The summed E-state index contributed by atoms with van der Waals surface area (Å²) in [6.07, 6.45) is 1.72. The second-order valence-electron chi connectivity index (χ2n) is 1.96. The Kier molecular flexibility index (Phi) is 2.88. The highest BCUT2D eigenvalue weighted by Gasteiger charge is 1.96. The van der Waals surface area contributed by atoms with E-state index in [1.807, 2.05) is 13.0 Å². The van der Waals surface area contributed by atoms with Gasteiger partial charge in [0.2, 0.25) is 0 Å². The van der Waals surface area contributed by atoms with Crippen molar-refractivity contribution in [3.05, 3.63) is 22.4 Å². The van der Waals surface area contributed by atoms with Crippen LogP contribution < -0.4 is 0 Å². The van der Waals surface area contributed by atoms with Crippen LogP contribution in [0.5, 0.6) is 0 Å². The second kappa shape index (κ2) is 3.72. The second-order valence-corrected chi connectivity index (χ2v) is 3.06. The monoisotopic (exact) mass is 228 g/mol. The average molecular weight is 229 g/mol. The Morgan fingerprint density at radius 1 is 1.73 bits per heavy atom. The van der Waals surface area contributed by atoms with Crippen LogP contribution in [0.15, 0.2) is 21.7 Å². The molecule has 0 atom stereocenters. The predicted octanol–water partition coefficient (Wildman–Crippen LogP) is 2.89. The van der Waals surface area contributed by atoms with Gasteiger partial charge in [-0.25, -0.2) is 0 Å². The number of aromatic nitrogens is 1. The van der Waals surface area contributed by atoms with Crippen LogP contribution in [0.1, 0.15) is 5.69 Å². The van der Waals surface area contributed by atoms with E-state index in [1.54, 1.807) is 6.20 Å². The van der Waals surface area contributed by atoms with Crippen molar-refractivity contribution in [2.45, 2.75) is 6.92 Å². The van der Waals surface area contributed by atoms with Crippen molar-refractivity contribution < 1.29 is 0 Å². The van der Waals surface area contributed by atoms with Crippen molar-refractivity contribution in [2.75, 3.05) is 0 Å². The zero-order valence-electron chi connectivity index (χ0n) is 5.84. The highest BCUT2D eigenvalue weighted by Crippen LogP contribution is 2.20. The van der Waals surface area contributed by atoms with Gasteiger partial charge in [-0.3, -0.25) is 4.98 Å². The lowest BCUT2D eigenvalue weighted by Crippen LogP contribution is -1.79. The van der Waals surface area contributed by atoms with Gasteiger partial charge in [0, 0.05) is 10.7 Å². The summed E-state index contributed by atoms with van der Waals surface area (Å²) in [7, 11) is 0. The zero-order valence-corrected chi connectivity index (χ0v) is 8.24. The normalized spacial score (nSPS) is 8.91. The molecule has 56 valence electrons. The summed E-state index contributed by atoms with van der Waals surface area (Å²) < 4.78 is 0.895. The number of pyridine rings is 1. The third-order valence-electron chi connectivity index (χ3n) is 1.19. The summed E-state index contributed by atoms with van der Waals surface area (Å²) in [6, 6.07) is 1.85. The fourth-order valence-corrected chi connectivity index (χ4v) is 1.08. The van der Waals surface area contributed by atoms with Gasteiger partial charge in [-0.2, -0.15) is 4.99 Å². The predicted molar refractivity (Wildman–Crippen MR) is 51.4 cm³/mol. The van der Waals surface area contributed by atoms with Gasteiger partial charge in [0.15, 0.2) is 0 Å². The number of aryl methyl sites for hydroxylation is 1. The van der Waals surface area contributed by atoms with Crippen LogP contribution in [0.4, 0.5) is 5.69 Å². The fraction of sp³-hybridized carbons (Fsp3) is 0.143. The number of thiocarbonyl (C=S) groups is 1. The van der Waals surface area contributed by atoms with Crippen LogP contribution in [-0.2, 0) is 0 Å². The largest absolute Gasteiger partial charge is 0.258 e. The molecule has 0 spiro atoms. The molecule has 0 aromatic carbocycles. The molecule has 0 unspecified atom stereocenters. The third-order valence-corrected chi connectivity index (χ3v) is 1.72. The number of hydrogen-bond acceptors (Lipinski definition) is 3. The lowest BCUT2D eigenvalue weighted by molar-refractivity contribution is 1.18. The van der Waals surface area contributed by atoms with Gasteiger partial charge in [-0.05, 0) is 41.1 Å². The molecule has 1 heterocycles. The molecule has 0 bridgehead atoms. The Morgan fingerprint density at radius 3 is 3.09 bits per heavy atom. The summed E-state index contributed by atoms with van der Waals surface area (Å²) in [5.41, 5.74) is 1.61. The fourth-order valence-electron chi connectivity index (χ4n) is 0.659. The summed E-state index contributed by atoms with van der Waals surface area (Å²) in [5.74, 6) is 0. The van der Waals surface area contributed by atoms with Crippen molar-refractivity contribution in [3.63, 3.8) is 0 Å². The highest BCUT2D eigenvalue weighted by molar-refractivity contribution is 9.10. The van der Waals surface area contributed by atoms with Crippen LogP contribution in [0.2, 0.25) is 0 Å². The van der Waals surface area contributed by atoms with E-state index in [9.17, 15) is 0 Å². The number of rotatable bonds is 1. The standard InChI is InChI=1S/C7H5BrN2S/c1-5-7(10-4-11)2-6(8)3-9-5/h2-3H,1H3. The molecule has 2 nitrogen and oxygen atoms in total. The molecule has 1 aromatic heterocycles. The van der Waals surface area contributed by atoms with Gasteiger partial charge in [0.25, 0.3) is 0 Å². The molecule has 0 aliphatic rings. The van der Waals surface area contributed by atoms with Gasteiger partial charge in [0.05, 0.1) is 16.5 Å². The van der Waals surface area contributed by atoms with E-state index in [0.717, 1.165) is 15.9 Å². The Labute approximate surface area is 78.5 Å². The number of aliphatic imine (C=N–C) groups is 1. The zero-order chi connectivity index (χ0) is 8.27. The van der Waals surface area contributed by atoms with Crippen LogP contribution in [0, 0.1) is 6.92 Å². The molecule has 0 saturated heterocycles. The third kappa shape index (κ3) is 2.19. The first kappa shape index (κ1) is 8.53. The lowest BCUT2D eigenvalue weighted by Gasteiger charge is -1.96. The Hall–Kier alpha value is -0.570. The van der Waals surface area contributed by atoms with Crippen LogP contribution in [0.3, 0.4) is 0 Å². The molecular weight excluding hydrogens is 224 g/mol. The number of nitrogens with zero attached hydrogens (tertiary/aromatic N) is 2. The highest BCUT2D eigenvalue weighted by atomic mass is 79.9. The first-order chi connectivity index (χ1) is 5.24. The number of halogens is 1. The van der Waals surface area contributed by atoms with E-state index in [2.05, 4.69) is 43.3 Å².